The van der Waals surface area contributed by atoms with Gasteiger partial charge < -0.3 is 20.1 Å². The molecule has 0 fully saturated rings. The van der Waals surface area contributed by atoms with Gasteiger partial charge in [-0.1, -0.05) is 24.3 Å². The van der Waals surface area contributed by atoms with Crippen LogP contribution in [0.3, 0.4) is 0 Å². The minimum Gasteiger partial charge on any atom is -0.490 e. The van der Waals surface area contributed by atoms with Crippen molar-refractivity contribution in [1.82, 2.24) is 15.1 Å². The number of hydrogen-bond donors (Lipinski definition) is 2. The summed E-state index contributed by atoms with van der Waals surface area (Å²) in [5.74, 6) is 2.30. The van der Waals surface area contributed by atoms with E-state index in [1.165, 1.54) is 16.7 Å². The second-order valence-corrected chi connectivity index (χ2v) is 7.98. The van der Waals surface area contributed by atoms with E-state index >= 15 is 0 Å². The number of aromatic nitrogens is 2. The van der Waals surface area contributed by atoms with Gasteiger partial charge in [-0.2, -0.15) is 5.10 Å². The van der Waals surface area contributed by atoms with Crippen LogP contribution in [0, 0.1) is 6.92 Å². The lowest BCUT2D eigenvalue weighted by Crippen LogP contribution is -2.32. The number of rotatable bonds is 7. The fourth-order valence-electron chi connectivity index (χ4n) is 3.57. The van der Waals surface area contributed by atoms with Crippen LogP contribution in [0.15, 0.2) is 59.9 Å². The molecular weight excluding hydrogens is 529 g/mol. The van der Waals surface area contributed by atoms with Crippen molar-refractivity contribution in [1.29, 1.82) is 0 Å². The van der Waals surface area contributed by atoms with Crippen molar-refractivity contribution in [2.24, 2.45) is 12.0 Å². The van der Waals surface area contributed by atoms with Crippen LogP contribution in [-0.2, 0) is 20.0 Å². The number of aliphatic imine (C=N–C) groups is 1. The molecule has 0 bridgehead atoms. The SMILES string of the molecule is Cc1ccccc1CN=C(NCCCc1cnn(C)c1)Nc1ccc2c(c1)OCCCO2.I. The van der Waals surface area contributed by atoms with E-state index in [0.29, 0.717) is 19.8 Å². The Bertz CT molecular complexity index is 1070. The second-order valence-electron chi connectivity index (χ2n) is 7.98. The fraction of sp³-hybridized carbons (Fsp3) is 0.360. The van der Waals surface area contributed by atoms with Crippen LogP contribution in [0.5, 0.6) is 11.5 Å². The van der Waals surface area contributed by atoms with E-state index in [2.05, 4.69) is 53.1 Å². The molecule has 7 nitrogen and oxygen atoms in total. The van der Waals surface area contributed by atoms with Crippen LogP contribution in [0.25, 0.3) is 0 Å². The standard InChI is InChI=1S/C25H31N5O2.HI/c1-19-7-3-4-9-21(19)17-27-25(26-12-5-8-20-16-28-30(2)18-20)29-22-10-11-23-24(15-22)32-14-6-13-31-23;/h3-4,7,9-11,15-16,18H,5-6,8,12-14,17H2,1-2H3,(H2,26,27,29);1H. The first-order chi connectivity index (χ1) is 15.7. The topological polar surface area (TPSA) is 72.7 Å². The van der Waals surface area contributed by atoms with E-state index in [0.717, 1.165) is 49.0 Å². The molecule has 0 saturated carbocycles. The Morgan fingerprint density at radius 1 is 1.12 bits per heavy atom. The van der Waals surface area contributed by atoms with Gasteiger partial charge in [-0.25, -0.2) is 4.99 Å². The van der Waals surface area contributed by atoms with E-state index in [1.807, 2.05) is 36.1 Å². The van der Waals surface area contributed by atoms with Crippen molar-refractivity contribution in [2.75, 3.05) is 25.1 Å². The molecule has 2 aromatic carbocycles. The summed E-state index contributed by atoms with van der Waals surface area (Å²) in [6.07, 6.45) is 6.82. The lowest BCUT2D eigenvalue weighted by Gasteiger charge is -2.15. The predicted molar refractivity (Wildman–Crippen MR) is 143 cm³/mol. The zero-order valence-corrected chi connectivity index (χ0v) is 21.5. The molecule has 0 aliphatic carbocycles. The summed E-state index contributed by atoms with van der Waals surface area (Å²) in [7, 11) is 1.94. The molecule has 0 amide bonds. The van der Waals surface area contributed by atoms with Crippen LogP contribution in [-0.4, -0.2) is 35.5 Å². The largest absolute Gasteiger partial charge is 0.490 e. The van der Waals surface area contributed by atoms with E-state index in [-0.39, 0.29) is 24.0 Å². The van der Waals surface area contributed by atoms with E-state index in [1.54, 1.807) is 0 Å². The van der Waals surface area contributed by atoms with Crippen molar-refractivity contribution in [3.8, 4) is 11.5 Å². The molecule has 3 aromatic rings. The third kappa shape index (κ3) is 7.38. The maximum Gasteiger partial charge on any atom is 0.196 e. The average Bonchev–Trinajstić information content (AvgIpc) is 3.07. The molecule has 33 heavy (non-hydrogen) atoms. The number of benzene rings is 2. The Morgan fingerprint density at radius 3 is 2.73 bits per heavy atom. The Morgan fingerprint density at radius 2 is 1.94 bits per heavy atom. The number of aryl methyl sites for hydroxylation is 3. The number of anilines is 1. The molecule has 0 unspecified atom stereocenters. The third-order valence-corrected chi connectivity index (χ3v) is 5.37. The molecule has 2 N–H and O–H groups in total. The number of halogens is 1. The van der Waals surface area contributed by atoms with Crippen molar-refractivity contribution in [3.63, 3.8) is 0 Å². The molecule has 2 heterocycles. The van der Waals surface area contributed by atoms with Crippen LogP contribution in [0.2, 0.25) is 0 Å². The van der Waals surface area contributed by atoms with Gasteiger partial charge in [-0.15, -0.1) is 24.0 Å². The first kappa shape index (κ1) is 24.9. The van der Waals surface area contributed by atoms with Gasteiger partial charge >= 0.3 is 0 Å². The van der Waals surface area contributed by atoms with Gasteiger partial charge in [0.05, 0.1) is 26.0 Å². The minimum atomic E-state index is 0. The van der Waals surface area contributed by atoms with Gasteiger partial charge in [-0.05, 0) is 48.6 Å². The van der Waals surface area contributed by atoms with Crippen molar-refractivity contribution in [2.45, 2.75) is 32.7 Å². The molecule has 1 aliphatic heterocycles. The number of nitrogens with one attached hydrogen (secondary N) is 2. The molecule has 0 radical (unpaired) electrons. The molecule has 0 spiro atoms. The Kier molecular flexibility index (Phi) is 9.41. The van der Waals surface area contributed by atoms with Crippen molar-refractivity contribution < 1.29 is 9.47 Å². The first-order valence-corrected chi connectivity index (χ1v) is 11.1. The van der Waals surface area contributed by atoms with Crippen molar-refractivity contribution >= 4 is 35.6 Å². The fourth-order valence-corrected chi connectivity index (χ4v) is 3.57. The summed E-state index contributed by atoms with van der Waals surface area (Å²) in [6, 6.07) is 14.3. The van der Waals surface area contributed by atoms with Crippen LogP contribution < -0.4 is 20.1 Å². The van der Waals surface area contributed by atoms with Crippen LogP contribution in [0.4, 0.5) is 5.69 Å². The lowest BCUT2D eigenvalue weighted by atomic mass is 10.1. The highest BCUT2D eigenvalue weighted by molar-refractivity contribution is 14.0. The Hall–Kier alpha value is -2.75. The second kappa shape index (κ2) is 12.5. The molecule has 4 rings (SSSR count). The van der Waals surface area contributed by atoms with Crippen LogP contribution in [0.1, 0.15) is 29.5 Å². The van der Waals surface area contributed by atoms with E-state index in [9.17, 15) is 0 Å². The Balaban J connectivity index is 0.00000306. The monoisotopic (exact) mass is 561 g/mol. The number of fused-ring (bicyclic) bond motifs is 1. The van der Waals surface area contributed by atoms with Gasteiger partial charge in [0.25, 0.3) is 0 Å². The third-order valence-electron chi connectivity index (χ3n) is 5.37. The average molecular weight is 561 g/mol. The molecule has 1 aliphatic rings. The van der Waals surface area contributed by atoms with Gasteiger partial charge in [0.2, 0.25) is 0 Å². The highest BCUT2D eigenvalue weighted by Crippen LogP contribution is 2.32. The number of guanidine groups is 1. The highest BCUT2D eigenvalue weighted by atomic mass is 127. The zero-order valence-electron chi connectivity index (χ0n) is 19.2. The smallest absolute Gasteiger partial charge is 0.196 e. The summed E-state index contributed by atoms with van der Waals surface area (Å²) in [5, 5.41) is 11.1. The number of hydrogen-bond acceptors (Lipinski definition) is 4. The van der Waals surface area contributed by atoms with Gasteiger partial charge in [0.1, 0.15) is 0 Å². The number of nitrogens with zero attached hydrogens (tertiary/aromatic N) is 3. The van der Waals surface area contributed by atoms with Crippen LogP contribution >= 0.6 is 24.0 Å². The summed E-state index contributed by atoms with van der Waals surface area (Å²) in [6.45, 7) is 4.87. The summed E-state index contributed by atoms with van der Waals surface area (Å²) in [5.41, 5.74) is 4.60. The van der Waals surface area contributed by atoms with Gasteiger partial charge in [-0.3, -0.25) is 4.68 Å². The molecule has 1 aromatic heterocycles. The maximum atomic E-state index is 5.83. The molecule has 176 valence electrons. The molecule has 8 heteroatoms. The summed E-state index contributed by atoms with van der Waals surface area (Å²) >= 11 is 0. The highest BCUT2D eigenvalue weighted by Gasteiger charge is 2.11. The predicted octanol–water partition coefficient (Wildman–Crippen LogP) is 4.70. The lowest BCUT2D eigenvalue weighted by molar-refractivity contribution is 0.297. The van der Waals surface area contributed by atoms with Crippen molar-refractivity contribution in [3.05, 3.63) is 71.5 Å². The quantitative estimate of drug-likeness (QED) is 0.190. The molecule has 0 saturated heterocycles. The maximum absolute atomic E-state index is 5.83. The summed E-state index contributed by atoms with van der Waals surface area (Å²) in [4.78, 5) is 4.84. The Labute approximate surface area is 212 Å². The minimum absolute atomic E-state index is 0. The summed E-state index contributed by atoms with van der Waals surface area (Å²) < 4.78 is 13.4. The van der Waals surface area contributed by atoms with E-state index in [4.69, 9.17) is 14.5 Å². The normalized spacial score (nSPS) is 13.1. The van der Waals surface area contributed by atoms with E-state index < -0.39 is 0 Å². The molecule has 0 atom stereocenters. The zero-order chi connectivity index (χ0) is 22.2. The van der Waals surface area contributed by atoms with Gasteiger partial charge in [0, 0.05) is 38.0 Å². The van der Waals surface area contributed by atoms with Gasteiger partial charge in [0.15, 0.2) is 17.5 Å². The first-order valence-electron chi connectivity index (χ1n) is 11.1. The molecular formula is C25H32IN5O2. The number of ether oxygens (including phenoxy) is 2.